The Morgan fingerprint density at radius 2 is 1.80 bits per heavy atom. The first-order valence-corrected chi connectivity index (χ1v) is 9.61. The van der Waals surface area contributed by atoms with Crippen LogP contribution < -0.4 is 4.90 Å². The fourth-order valence-electron chi connectivity index (χ4n) is 3.06. The molecule has 0 atom stereocenters. The highest BCUT2D eigenvalue weighted by molar-refractivity contribution is 5.68. The molecule has 10 heteroatoms. The van der Waals surface area contributed by atoms with E-state index in [9.17, 15) is 4.79 Å². The third kappa shape index (κ3) is 4.54. The molecule has 1 aliphatic rings. The molecular weight excluding hydrogens is 388 g/mol. The number of nitrogens with zero attached hydrogens (tertiary/aromatic N) is 6. The molecule has 0 saturated carbocycles. The maximum Gasteiger partial charge on any atom is 0.409 e. The molecule has 3 aromatic rings. The van der Waals surface area contributed by atoms with Crippen LogP contribution >= 0.6 is 0 Å². The molecule has 1 saturated heterocycles. The number of aromatic nitrogens is 4. The largest absolute Gasteiger partial charge is 0.447 e. The lowest BCUT2D eigenvalue weighted by atomic mass is 10.2. The van der Waals surface area contributed by atoms with Gasteiger partial charge in [-0.3, -0.25) is 4.98 Å². The van der Waals surface area contributed by atoms with Crippen LogP contribution in [0, 0.1) is 0 Å². The minimum atomic E-state index is -0.328. The van der Waals surface area contributed by atoms with Crippen LogP contribution in [-0.4, -0.2) is 77.7 Å². The summed E-state index contributed by atoms with van der Waals surface area (Å²) in [6.45, 7) is 2.95. The molecule has 0 aliphatic carbocycles. The summed E-state index contributed by atoms with van der Waals surface area (Å²) < 4.78 is 15.8. The van der Waals surface area contributed by atoms with Gasteiger partial charge in [0.15, 0.2) is 0 Å². The van der Waals surface area contributed by atoms with Crippen molar-refractivity contribution in [3.8, 4) is 23.0 Å². The van der Waals surface area contributed by atoms with E-state index in [0.29, 0.717) is 56.1 Å². The van der Waals surface area contributed by atoms with Gasteiger partial charge in [-0.1, -0.05) is 18.2 Å². The fourth-order valence-corrected chi connectivity index (χ4v) is 3.06. The summed E-state index contributed by atoms with van der Waals surface area (Å²) in [5.74, 6) is 1.43. The van der Waals surface area contributed by atoms with Crippen molar-refractivity contribution < 1.29 is 18.7 Å². The standard InChI is InChI=1S/C20H22N6O4/c1-28-11-12-29-20(27)26-9-7-25(8-10-26)17-14-21-13-16(22-17)19-24-23-18(30-19)15-5-3-2-4-6-15/h2-6,13-14H,7-12H2,1H3. The van der Waals surface area contributed by atoms with Crippen LogP contribution in [0.25, 0.3) is 23.0 Å². The van der Waals surface area contributed by atoms with Gasteiger partial charge in [-0.05, 0) is 12.1 Å². The van der Waals surface area contributed by atoms with E-state index in [4.69, 9.17) is 13.9 Å². The molecule has 0 spiro atoms. The average Bonchev–Trinajstić information content (AvgIpc) is 3.30. The van der Waals surface area contributed by atoms with E-state index in [0.717, 1.165) is 5.56 Å². The maximum atomic E-state index is 12.0. The van der Waals surface area contributed by atoms with Crippen molar-refractivity contribution in [2.24, 2.45) is 0 Å². The van der Waals surface area contributed by atoms with Crippen LogP contribution in [0.3, 0.4) is 0 Å². The molecule has 30 heavy (non-hydrogen) atoms. The molecular formula is C20H22N6O4. The number of piperazine rings is 1. The van der Waals surface area contributed by atoms with Crippen molar-refractivity contribution in [3.05, 3.63) is 42.7 Å². The van der Waals surface area contributed by atoms with Crippen LogP contribution in [0.1, 0.15) is 0 Å². The normalized spacial score (nSPS) is 14.0. The van der Waals surface area contributed by atoms with Crippen molar-refractivity contribution in [1.29, 1.82) is 0 Å². The molecule has 156 valence electrons. The molecule has 1 aromatic carbocycles. The second-order valence-electron chi connectivity index (χ2n) is 6.62. The molecule has 0 unspecified atom stereocenters. The summed E-state index contributed by atoms with van der Waals surface area (Å²) in [5.41, 5.74) is 1.34. The summed E-state index contributed by atoms with van der Waals surface area (Å²) in [7, 11) is 1.57. The monoisotopic (exact) mass is 410 g/mol. The van der Waals surface area contributed by atoms with Gasteiger partial charge >= 0.3 is 6.09 Å². The molecule has 0 radical (unpaired) electrons. The van der Waals surface area contributed by atoms with Crippen molar-refractivity contribution in [2.45, 2.75) is 0 Å². The predicted molar refractivity (Wildman–Crippen MR) is 108 cm³/mol. The zero-order valence-electron chi connectivity index (χ0n) is 16.6. The van der Waals surface area contributed by atoms with Gasteiger partial charge in [0.25, 0.3) is 5.89 Å². The molecule has 0 bridgehead atoms. The topological polar surface area (TPSA) is 107 Å². The Balaban J connectivity index is 1.40. The summed E-state index contributed by atoms with van der Waals surface area (Å²) in [4.78, 5) is 24.7. The van der Waals surface area contributed by atoms with E-state index >= 15 is 0 Å². The summed E-state index contributed by atoms with van der Waals surface area (Å²) >= 11 is 0. The second-order valence-corrected chi connectivity index (χ2v) is 6.62. The van der Waals surface area contributed by atoms with Crippen LogP contribution in [0.5, 0.6) is 0 Å². The molecule has 1 amide bonds. The summed E-state index contributed by atoms with van der Waals surface area (Å²) in [5, 5.41) is 8.20. The molecule has 2 aromatic heterocycles. The van der Waals surface area contributed by atoms with Crippen LogP contribution in [-0.2, 0) is 9.47 Å². The zero-order chi connectivity index (χ0) is 20.8. The Morgan fingerprint density at radius 1 is 1.03 bits per heavy atom. The van der Waals surface area contributed by atoms with Crippen molar-refractivity contribution >= 4 is 11.9 Å². The SMILES string of the molecule is COCCOC(=O)N1CCN(c2cncc(-c3nnc(-c4ccccc4)o3)n2)CC1. The van der Waals surface area contributed by atoms with E-state index in [1.54, 1.807) is 24.4 Å². The molecule has 3 heterocycles. The number of benzene rings is 1. The van der Waals surface area contributed by atoms with Gasteiger partial charge in [-0.25, -0.2) is 9.78 Å². The lowest BCUT2D eigenvalue weighted by Gasteiger charge is -2.34. The highest BCUT2D eigenvalue weighted by Gasteiger charge is 2.23. The first-order chi connectivity index (χ1) is 14.7. The van der Waals surface area contributed by atoms with Crippen LogP contribution in [0.15, 0.2) is 47.1 Å². The lowest BCUT2D eigenvalue weighted by molar-refractivity contribution is 0.0705. The van der Waals surface area contributed by atoms with Gasteiger partial charge in [0.05, 0.1) is 19.0 Å². The first-order valence-electron chi connectivity index (χ1n) is 9.61. The third-order valence-corrected chi connectivity index (χ3v) is 4.66. The Morgan fingerprint density at radius 3 is 2.57 bits per heavy atom. The molecule has 1 aliphatic heterocycles. The van der Waals surface area contributed by atoms with Gasteiger partial charge in [0.2, 0.25) is 5.89 Å². The van der Waals surface area contributed by atoms with Gasteiger partial charge in [0.1, 0.15) is 18.1 Å². The Labute approximate surface area is 173 Å². The number of ether oxygens (including phenoxy) is 2. The summed E-state index contributed by atoms with van der Waals surface area (Å²) in [6.07, 6.45) is 2.95. The number of anilines is 1. The van der Waals surface area contributed by atoms with Gasteiger partial charge in [-0.15, -0.1) is 10.2 Å². The number of carbonyl (C=O) groups is 1. The van der Waals surface area contributed by atoms with E-state index in [-0.39, 0.29) is 12.7 Å². The van der Waals surface area contributed by atoms with Crippen molar-refractivity contribution in [1.82, 2.24) is 25.1 Å². The second kappa shape index (κ2) is 9.31. The van der Waals surface area contributed by atoms with Crippen LogP contribution in [0.4, 0.5) is 10.6 Å². The highest BCUT2D eigenvalue weighted by atomic mass is 16.6. The number of rotatable bonds is 6. The number of hydrogen-bond donors (Lipinski definition) is 0. The van der Waals surface area contributed by atoms with Gasteiger partial charge in [-0.2, -0.15) is 0 Å². The predicted octanol–water partition coefficient (Wildman–Crippen LogP) is 2.10. The zero-order valence-corrected chi connectivity index (χ0v) is 16.6. The minimum absolute atomic E-state index is 0.248. The number of carbonyl (C=O) groups excluding carboxylic acids is 1. The smallest absolute Gasteiger partial charge is 0.409 e. The molecule has 4 rings (SSSR count). The Kier molecular flexibility index (Phi) is 6.14. The Bertz CT molecular complexity index is 972. The minimum Gasteiger partial charge on any atom is -0.447 e. The van der Waals surface area contributed by atoms with E-state index in [2.05, 4.69) is 25.1 Å². The van der Waals surface area contributed by atoms with Gasteiger partial charge in [0, 0.05) is 38.9 Å². The molecule has 0 N–H and O–H groups in total. The van der Waals surface area contributed by atoms with Crippen LogP contribution in [0.2, 0.25) is 0 Å². The first kappa shape index (κ1) is 19.8. The number of hydrogen-bond acceptors (Lipinski definition) is 9. The van der Waals surface area contributed by atoms with E-state index in [1.807, 2.05) is 30.3 Å². The third-order valence-electron chi connectivity index (χ3n) is 4.66. The fraction of sp³-hybridized carbons (Fsp3) is 0.350. The Hall–Kier alpha value is -3.53. The van der Waals surface area contributed by atoms with Crippen molar-refractivity contribution in [3.63, 3.8) is 0 Å². The van der Waals surface area contributed by atoms with E-state index < -0.39 is 0 Å². The number of amides is 1. The number of methoxy groups -OCH3 is 1. The van der Waals surface area contributed by atoms with Gasteiger partial charge < -0.3 is 23.7 Å². The quantitative estimate of drug-likeness (QED) is 0.565. The molecule has 1 fully saturated rings. The molecule has 10 nitrogen and oxygen atoms in total. The maximum absolute atomic E-state index is 12.0. The lowest BCUT2D eigenvalue weighted by Crippen LogP contribution is -2.49. The van der Waals surface area contributed by atoms with E-state index in [1.165, 1.54) is 0 Å². The highest BCUT2D eigenvalue weighted by Crippen LogP contribution is 2.23. The average molecular weight is 410 g/mol. The van der Waals surface area contributed by atoms with Crippen molar-refractivity contribution in [2.75, 3.05) is 51.4 Å². The summed E-state index contributed by atoms with van der Waals surface area (Å²) in [6, 6.07) is 9.55.